The molecule has 1 heterocycles. The van der Waals surface area contributed by atoms with E-state index in [4.69, 9.17) is 4.74 Å². The van der Waals surface area contributed by atoms with Crippen molar-refractivity contribution in [1.82, 2.24) is 0 Å². The van der Waals surface area contributed by atoms with Crippen molar-refractivity contribution in [3.05, 3.63) is 45.4 Å². The van der Waals surface area contributed by atoms with Gasteiger partial charge < -0.3 is 4.74 Å². The molecule has 0 N–H and O–H groups in total. The van der Waals surface area contributed by atoms with E-state index >= 15 is 0 Å². The van der Waals surface area contributed by atoms with Crippen molar-refractivity contribution >= 4 is 50.3 Å². The van der Waals surface area contributed by atoms with Crippen LogP contribution in [-0.4, -0.2) is 21.8 Å². The van der Waals surface area contributed by atoms with E-state index in [1.54, 1.807) is 6.07 Å². The van der Waals surface area contributed by atoms with E-state index in [2.05, 4.69) is 38.5 Å². The summed E-state index contributed by atoms with van der Waals surface area (Å²) in [5, 5.41) is 0. The largest absolute Gasteiger partial charge is 0.454 e. The van der Waals surface area contributed by atoms with Gasteiger partial charge in [-0.2, -0.15) is 0 Å². The summed E-state index contributed by atoms with van der Waals surface area (Å²) >= 11 is 5.64. The first-order valence-corrected chi connectivity index (χ1v) is 8.98. The Morgan fingerprint density at radius 1 is 1.38 bits per heavy atom. The predicted molar refractivity (Wildman–Crippen MR) is 91.8 cm³/mol. The summed E-state index contributed by atoms with van der Waals surface area (Å²) < 4.78 is 7.19. The topological polar surface area (TPSA) is 43.4 Å². The van der Waals surface area contributed by atoms with Crippen LogP contribution >= 0.6 is 38.5 Å². The van der Waals surface area contributed by atoms with E-state index in [-0.39, 0.29) is 5.78 Å². The molecule has 0 saturated carbocycles. The fraction of sp³-hybridized carbons (Fsp3) is 0.375. The number of carbonyl (C=O) groups is 2. The second-order valence-electron chi connectivity index (χ2n) is 5.88. The number of ether oxygens (including phenoxy) is 1. The van der Waals surface area contributed by atoms with Crippen LogP contribution in [0.1, 0.15) is 29.8 Å². The Hall–Kier alpha value is -0.690. The third-order valence-electron chi connectivity index (χ3n) is 4.24. The van der Waals surface area contributed by atoms with Gasteiger partial charge in [-0.05, 0) is 43.2 Å². The van der Waals surface area contributed by atoms with E-state index < -0.39 is 17.0 Å². The van der Waals surface area contributed by atoms with Gasteiger partial charge >= 0.3 is 5.97 Å². The van der Waals surface area contributed by atoms with Gasteiger partial charge in [0, 0.05) is 20.9 Å². The third kappa shape index (κ3) is 2.04. The van der Waals surface area contributed by atoms with Crippen LogP contribution in [0.5, 0.6) is 0 Å². The number of cyclic esters (lactones) is 1. The van der Waals surface area contributed by atoms with Gasteiger partial charge in [-0.25, -0.2) is 0 Å². The Morgan fingerprint density at radius 3 is 2.76 bits per heavy atom. The maximum Gasteiger partial charge on any atom is 0.325 e. The van der Waals surface area contributed by atoms with E-state index in [0.717, 1.165) is 20.0 Å². The molecule has 0 unspecified atom stereocenters. The van der Waals surface area contributed by atoms with Crippen molar-refractivity contribution in [3.63, 3.8) is 0 Å². The minimum atomic E-state index is -1.15. The summed E-state index contributed by atoms with van der Waals surface area (Å²) in [7, 11) is 0. The molecule has 110 valence electrons. The molecule has 0 radical (unpaired) electrons. The van der Waals surface area contributed by atoms with Crippen LogP contribution in [0.2, 0.25) is 0 Å². The molecule has 5 heteroatoms. The number of allylic oxidation sites excluding steroid dienone is 1. The van der Waals surface area contributed by atoms with E-state index in [9.17, 15) is 9.59 Å². The van der Waals surface area contributed by atoms with Crippen LogP contribution in [0.15, 0.2) is 34.3 Å². The monoisotopic (exact) mass is 460 g/mol. The molecule has 21 heavy (non-hydrogen) atoms. The lowest BCUT2D eigenvalue weighted by Gasteiger charge is -2.23. The van der Waals surface area contributed by atoms with Gasteiger partial charge in [-0.1, -0.05) is 44.6 Å². The summed E-state index contributed by atoms with van der Waals surface area (Å²) in [4.78, 5) is 25.5. The second kappa shape index (κ2) is 4.91. The number of Topliss-reactive ketones (excluding diaryl/α,β-unsaturated/α-hetero) is 1. The first-order valence-electron chi connectivity index (χ1n) is 6.66. The second-order valence-corrected chi connectivity index (χ2v) is 7.68. The third-order valence-corrected chi connectivity index (χ3v) is 5.17. The predicted octanol–water partition coefficient (Wildman–Crippen LogP) is 3.87. The Bertz CT molecular complexity index is 693. The summed E-state index contributed by atoms with van der Waals surface area (Å²) in [5.74, 6) is -0.544. The molecule has 1 saturated heterocycles. The molecule has 1 aromatic carbocycles. The van der Waals surface area contributed by atoms with Crippen molar-refractivity contribution in [2.45, 2.75) is 25.9 Å². The fourth-order valence-corrected chi connectivity index (χ4v) is 4.25. The molecule has 3 rings (SSSR count). The highest BCUT2D eigenvalue weighted by atomic mass is 127. The molecule has 2 aliphatic rings. The van der Waals surface area contributed by atoms with Gasteiger partial charge in [0.1, 0.15) is 5.60 Å². The van der Waals surface area contributed by atoms with Crippen molar-refractivity contribution in [2.24, 2.45) is 5.41 Å². The normalized spacial score (nSPS) is 28.3. The van der Waals surface area contributed by atoms with Gasteiger partial charge in [-0.3, -0.25) is 9.59 Å². The van der Waals surface area contributed by atoms with Crippen LogP contribution in [-0.2, 0) is 16.0 Å². The molecule has 0 amide bonds. The number of ketones is 1. The Morgan fingerprint density at radius 2 is 2.10 bits per heavy atom. The maximum atomic E-state index is 13.0. The van der Waals surface area contributed by atoms with E-state index in [1.165, 1.54) is 0 Å². The summed E-state index contributed by atoms with van der Waals surface area (Å²) in [6.07, 6.45) is 2.36. The number of hydrogen-bond donors (Lipinski definition) is 0. The molecule has 0 bridgehead atoms. The highest BCUT2D eigenvalue weighted by Crippen LogP contribution is 2.53. The van der Waals surface area contributed by atoms with Crippen LogP contribution < -0.4 is 0 Å². The van der Waals surface area contributed by atoms with Crippen LogP contribution in [0.4, 0.5) is 0 Å². The van der Waals surface area contributed by atoms with Crippen LogP contribution in [0.25, 0.3) is 0 Å². The molecular formula is C16H14BrIO3. The molecule has 1 aromatic rings. The number of alkyl halides is 1. The maximum absolute atomic E-state index is 13.0. The molecule has 1 fully saturated rings. The summed E-state index contributed by atoms with van der Waals surface area (Å²) in [6, 6.07) is 5.54. The number of hydrogen-bond acceptors (Lipinski definition) is 3. The minimum Gasteiger partial charge on any atom is -0.454 e. The Labute approximate surface area is 145 Å². The molecule has 1 atom stereocenters. The van der Waals surface area contributed by atoms with Gasteiger partial charge in [0.2, 0.25) is 0 Å². The Kier molecular flexibility index (Phi) is 3.56. The minimum absolute atomic E-state index is 0.128. The van der Waals surface area contributed by atoms with Gasteiger partial charge in [-0.15, -0.1) is 0 Å². The number of halogens is 2. The van der Waals surface area contributed by atoms with Crippen molar-refractivity contribution < 1.29 is 14.3 Å². The number of benzene rings is 1. The quantitative estimate of drug-likeness (QED) is 0.210. The van der Waals surface area contributed by atoms with E-state index in [0.29, 0.717) is 12.0 Å². The average molecular weight is 461 g/mol. The Balaban J connectivity index is 2.20. The average Bonchev–Trinajstić information content (AvgIpc) is 2.77. The lowest BCUT2D eigenvalue weighted by molar-refractivity contribution is -0.150. The highest BCUT2D eigenvalue weighted by molar-refractivity contribution is 14.1. The van der Waals surface area contributed by atoms with Gasteiger partial charge in [0.15, 0.2) is 11.2 Å². The molecular weight excluding hydrogens is 447 g/mol. The van der Waals surface area contributed by atoms with Gasteiger partial charge in [0.05, 0.1) is 0 Å². The number of fused-ring (bicyclic) bond motifs is 1. The zero-order valence-corrected chi connectivity index (χ0v) is 15.4. The molecule has 1 aliphatic carbocycles. The summed E-state index contributed by atoms with van der Waals surface area (Å²) in [6.45, 7) is 3.70. The fourth-order valence-electron chi connectivity index (χ4n) is 3.40. The van der Waals surface area contributed by atoms with Crippen LogP contribution in [0.3, 0.4) is 0 Å². The smallest absolute Gasteiger partial charge is 0.325 e. The molecule has 1 spiro atoms. The zero-order valence-electron chi connectivity index (χ0n) is 11.7. The van der Waals surface area contributed by atoms with E-state index in [1.807, 2.05) is 32.1 Å². The molecule has 3 nitrogen and oxygen atoms in total. The van der Waals surface area contributed by atoms with Crippen LogP contribution in [0, 0.1) is 5.41 Å². The number of esters is 1. The number of carbonyl (C=O) groups excluding carboxylic acids is 2. The number of rotatable bonds is 1. The highest BCUT2D eigenvalue weighted by Gasteiger charge is 2.64. The molecule has 0 aromatic heterocycles. The standard InChI is InChI=1S/C16H14BrIO3/c1-15(2)12(5-6-18)16(14(20)21-15)8-9-7-10(17)3-4-11(9)13(16)19/h3-5,7H,6,8H2,1-2H3/b12-5-/t16-/m1/s1. The van der Waals surface area contributed by atoms with Crippen molar-refractivity contribution in [1.29, 1.82) is 0 Å². The van der Waals surface area contributed by atoms with Crippen molar-refractivity contribution in [2.75, 3.05) is 4.43 Å². The first-order chi connectivity index (χ1) is 9.83. The summed E-state index contributed by atoms with van der Waals surface area (Å²) in [5.41, 5.74) is 0.456. The van der Waals surface area contributed by atoms with Gasteiger partial charge in [0.25, 0.3) is 0 Å². The molecule has 1 aliphatic heterocycles. The van der Waals surface area contributed by atoms with Crippen molar-refractivity contribution in [3.8, 4) is 0 Å². The lowest BCUT2D eigenvalue weighted by atomic mass is 9.73. The SMILES string of the molecule is CC1(C)OC(=O)[C@]2(Cc3cc(Br)ccc3C2=O)/C1=C\CI. The lowest BCUT2D eigenvalue weighted by Crippen LogP contribution is -2.36. The zero-order chi connectivity index (χ0) is 15.4. The first kappa shape index (κ1) is 15.2.